The van der Waals surface area contributed by atoms with E-state index in [1.807, 2.05) is 38.4 Å². The molecule has 1 atom stereocenters. The zero-order chi connectivity index (χ0) is 14.0. The van der Waals surface area contributed by atoms with E-state index in [0.717, 1.165) is 10.9 Å². The van der Waals surface area contributed by atoms with Gasteiger partial charge in [-0.15, -0.1) is 0 Å². The molecule has 1 aromatic heterocycles. The van der Waals surface area contributed by atoms with Crippen molar-refractivity contribution in [1.29, 1.82) is 0 Å². The monoisotopic (exact) mass is 260 g/mol. The minimum absolute atomic E-state index is 0.0940. The fourth-order valence-corrected chi connectivity index (χ4v) is 1.79. The molecule has 2 rings (SSSR count). The van der Waals surface area contributed by atoms with Crippen LogP contribution >= 0.6 is 0 Å². The molecule has 1 unspecified atom stereocenters. The highest BCUT2D eigenvalue weighted by Crippen LogP contribution is 2.18. The molecule has 5 heteroatoms. The first kappa shape index (κ1) is 13.4. The Labute approximate surface area is 112 Å². The van der Waals surface area contributed by atoms with Crippen LogP contribution in [-0.4, -0.2) is 42.5 Å². The highest BCUT2D eigenvalue weighted by molar-refractivity contribution is 5.98. The Morgan fingerprint density at radius 1 is 1.42 bits per heavy atom. The number of anilines is 1. The number of fused-ring (bicyclic) bond motifs is 1. The van der Waals surface area contributed by atoms with Gasteiger partial charge in [0, 0.05) is 29.2 Å². The number of benzene rings is 1. The van der Waals surface area contributed by atoms with Crippen LogP contribution in [0.2, 0.25) is 0 Å². The maximum atomic E-state index is 12.0. The highest BCUT2D eigenvalue weighted by Gasteiger charge is 2.11. The highest BCUT2D eigenvalue weighted by atomic mass is 16.1. The number of H-pyrrole nitrogens is 1. The molecule has 102 valence electrons. The Kier molecular flexibility index (Phi) is 3.76. The summed E-state index contributed by atoms with van der Waals surface area (Å²) in [6.45, 7) is 2.68. The van der Waals surface area contributed by atoms with Crippen molar-refractivity contribution in [3.63, 3.8) is 0 Å². The molecular weight excluding hydrogens is 240 g/mol. The number of likely N-dealkylation sites (N-methyl/N-ethyl adjacent to an activating group) is 1. The molecule has 5 nitrogen and oxygen atoms in total. The fourth-order valence-electron chi connectivity index (χ4n) is 1.79. The predicted molar refractivity (Wildman–Crippen MR) is 78.2 cm³/mol. The lowest BCUT2D eigenvalue weighted by Gasteiger charge is -2.19. The Morgan fingerprint density at radius 3 is 2.84 bits per heavy atom. The largest absolute Gasteiger partial charge is 0.399 e. The van der Waals surface area contributed by atoms with E-state index in [1.165, 1.54) is 0 Å². The average Bonchev–Trinajstić information content (AvgIpc) is 2.78. The van der Waals surface area contributed by atoms with Crippen LogP contribution in [0.4, 0.5) is 5.69 Å². The van der Waals surface area contributed by atoms with Crippen LogP contribution in [0.5, 0.6) is 0 Å². The van der Waals surface area contributed by atoms with E-state index < -0.39 is 0 Å². The second kappa shape index (κ2) is 5.32. The van der Waals surface area contributed by atoms with Gasteiger partial charge in [0.25, 0.3) is 5.91 Å². The van der Waals surface area contributed by atoms with Crippen molar-refractivity contribution >= 4 is 22.5 Å². The summed E-state index contributed by atoms with van der Waals surface area (Å²) < 4.78 is 0. The van der Waals surface area contributed by atoms with Crippen molar-refractivity contribution < 1.29 is 4.79 Å². The number of nitrogens with zero attached hydrogens (tertiary/aromatic N) is 1. The number of carbonyl (C=O) groups is 1. The summed E-state index contributed by atoms with van der Waals surface area (Å²) in [4.78, 5) is 17.2. The van der Waals surface area contributed by atoms with Crippen LogP contribution in [-0.2, 0) is 0 Å². The molecule has 4 N–H and O–H groups in total. The summed E-state index contributed by atoms with van der Waals surface area (Å²) in [5, 5.41) is 3.86. The first-order valence-electron chi connectivity index (χ1n) is 6.30. The molecule has 0 spiro atoms. The van der Waals surface area contributed by atoms with E-state index in [9.17, 15) is 4.79 Å². The zero-order valence-corrected chi connectivity index (χ0v) is 11.5. The van der Waals surface area contributed by atoms with Gasteiger partial charge in [-0.25, -0.2) is 0 Å². The zero-order valence-electron chi connectivity index (χ0n) is 11.5. The lowest BCUT2D eigenvalue weighted by Crippen LogP contribution is -2.38. The topological polar surface area (TPSA) is 74.1 Å². The van der Waals surface area contributed by atoms with Crippen molar-refractivity contribution in [2.45, 2.75) is 13.0 Å². The molecular formula is C14H20N4O. The van der Waals surface area contributed by atoms with E-state index >= 15 is 0 Å². The van der Waals surface area contributed by atoms with Gasteiger partial charge in [-0.3, -0.25) is 4.79 Å². The van der Waals surface area contributed by atoms with Gasteiger partial charge in [-0.2, -0.15) is 0 Å². The molecule has 1 aromatic carbocycles. The van der Waals surface area contributed by atoms with Crippen LogP contribution in [0.15, 0.2) is 24.3 Å². The van der Waals surface area contributed by atoms with E-state index in [0.29, 0.717) is 24.0 Å². The Hall–Kier alpha value is -2.01. The number of aromatic nitrogens is 1. The molecule has 1 heterocycles. The first-order valence-corrected chi connectivity index (χ1v) is 6.30. The normalized spacial score (nSPS) is 12.8. The third-order valence-electron chi connectivity index (χ3n) is 3.33. The smallest absolute Gasteiger partial charge is 0.267 e. The molecule has 0 bridgehead atoms. The third kappa shape index (κ3) is 3.06. The summed E-state index contributed by atoms with van der Waals surface area (Å²) in [5.74, 6) is -0.0940. The molecule has 2 aromatic rings. The maximum absolute atomic E-state index is 12.0. The Morgan fingerprint density at radius 2 is 2.16 bits per heavy atom. The average molecular weight is 260 g/mol. The molecule has 19 heavy (non-hydrogen) atoms. The van der Waals surface area contributed by atoms with Gasteiger partial charge < -0.3 is 20.9 Å². The minimum atomic E-state index is -0.0940. The number of carbonyl (C=O) groups excluding carboxylic acids is 1. The number of nitrogens with one attached hydrogen (secondary N) is 2. The molecule has 0 aliphatic rings. The van der Waals surface area contributed by atoms with Crippen molar-refractivity contribution in [2.24, 2.45) is 0 Å². The van der Waals surface area contributed by atoms with Crippen LogP contribution in [0.25, 0.3) is 10.9 Å². The number of hydrogen-bond acceptors (Lipinski definition) is 3. The van der Waals surface area contributed by atoms with Crippen LogP contribution < -0.4 is 11.1 Å². The van der Waals surface area contributed by atoms with E-state index in [4.69, 9.17) is 5.73 Å². The molecule has 0 aliphatic carbocycles. The lowest BCUT2D eigenvalue weighted by atomic mass is 10.2. The van der Waals surface area contributed by atoms with Gasteiger partial charge in [0.15, 0.2) is 0 Å². The standard InChI is InChI=1S/C14H20N4O/c1-9(18(2)3)8-16-14(19)13-7-10-6-11(15)4-5-12(10)17-13/h4-7,9,17H,8,15H2,1-3H3,(H,16,19). The minimum Gasteiger partial charge on any atom is -0.399 e. The molecule has 0 saturated carbocycles. The van der Waals surface area contributed by atoms with Crippen molar-refractivity contribution in [2.75, 3.05) is 26.4 Å². The quantitative estimate of drug-likeness (QED) is 0.728. The van der Waals surface area contributed by atoms with Gasteiger partial charge in [-0.05, 0) is 45.3 Å². The summed E-state index contributed by atoms with van der Waals surface area (Å²) in [6, 6.07) is 7.66. The SMILES string of the molecule is CC(CNC(=O)c1cc2cc(N)ccc2[nH]1)N(C)C. The van der Waals surface area contributed by atoms with Crippen LogP contribution in [0, 0.1) is 0 Å². The molecule has 0 radical (unpaired) electrons. The van der Waals surface area contributed by atoms with Crippen molar-refractivity contribution in [1.82, 2.24) is 15.2 Å². The number of hydrogen-bond donors (Lipinski definition) is 3. The van der Waals surface area contributed by atoms with Crippen molar-refractivity contribution in [3.8, 4) is 0 Å². The lowest BCUT2D eigenvalue weighted by molar-refractivity contribution is 0.0939. The van der Waals surface area contributed by atoms with Gasteiger partial charge in [0.05, 0.1) is 0 Å². The Balaban J connectivity index is 2.09. The van der Waals surface area contributed by atoms with Gasteiger partial charge in [0.2, 0.25) is 0 Å². The second-order valence-corrected chi connectivity index (χ2v) is 5.05. The van der Waals surface area contributed by atoms with E-state index in [2.05, 4.69) is 22.1 Å². The number of aromatic amines is 1. The Bertz CT molecular complexity index is 588. The second-order valence-electron chi connectivity index (χ2n) is 5.05. The molecule has 0 saturated heterocycles. The maximum Gasteiger partial charge on any atom is 0.267 e. The molecule has 0 aliphatic heterocycles. The number of rotatable bonds is 4. The van der Waals surface area contributed by atoms with Crippen molar-refractivity contribution in [3.05, 3.63) is 30.0 Å². The van der Waals surface area contributed by atoms with Gasteiger partial charge >= 0.3 is 0 Å². The van der Waals surface area contributed by atoms with E-state index in [1.54, 1.807) is 0 Å². The molecule has 0 fully saturated rings. The summed E-state index contributed by atoms with van der Waals surface area (Å²) >= 11 is 0. The number of nitrogen functional groups attached to an aromatic ring is 1. The summed E-state index contributed by atoms with van der Waals surface area (Å²) in [6.07, 6.45) is 0. The van der Waals surface area contributed by atoms with Crippen LogP contribution in [0.3, 0.4) is 0 Å². The first-order chi connectivity index (χ1) is 8.97. The third-order valence-corrected chi connectivity index (χ3v) is 3.33. The summed E-state index contributed by atoms with van der Waals surface area (Å²) in [5.41, 5.74) is 7.89. The fraction of sp³-hybridized carbons (Fsp3) is 0.357. The number of nitrogens with two attached hydrogens (primary N) is 1. The predicted octanol–water partition coefficient (Wildman–Crippen LogP) is 1.43. The summed E-state index contributed by atoms with van der Waals surface area (Å²) in [7, 11) is 3.98. The van der Waals surface area contributed by atoms with Gasteiger partial charge in [-0.1, -0.05) is 0 Å². The number of amides is 1. The van der Waals surface area contributed by atoms with Crippen LogP contribution in [0.1, 0.15) is 17.4 Å². The van der Waals surface area contributed by atoms with E-state index in [-0.39, 0.29) is 5.91 Å². The van der Waals surface area contributed by atoms with Gasteiger partial charge in [0.1, 0.15) is 5.69 Å². The molecule has 1 amide bonds.